The smallest absolute Gasteiger partial charge is 0.249 e. The van der Waals surface area contributed by atoms with Gasteiger partial charge in [-0.15, -0.1) is 0 Å². The van der Waals surface area contributed by atoms with Crippen LogP contribution in [0.3, 0.4) is 0 Å². The third-order valence-electron chi connectivity index (χ3n) is 4.79. The van der Waals surface area contributed by atoms with E-state index in [1.54, 1.807) is 31.4 Å². The summed E-state index contributed by atoms with van der Waals surface area (Å²) in [6.07, 6.45) is 0.695. The van der Waals surface area contributed by atoms with E-state index in [2.05, 4.69) is 10.1 Å². The van der Waals surface area contributed by atoms with Crippen LogP contribution in [0.4, 0.5) is 8.78 Å². The standard InChI is InChI=1S/C20H17F2N3O3/c1-27-13-7-5-12(6-8-13)19-23-20(28-24-19)17-9-10-18(26)25(17)11-14-15(21)3-2-4-16(14)22/h2-8,17H,9-11H2,1H3. The highest BCUT2D eigenvalue weighted by atomic mass is 19.1. The second kappa shape index (κ2) is 7.38. The molecule has 0 spiro atoms. The molecule has 8 heteroatoms. The van der Waals surface area contributed by atoms with Crippen LogP contribution >= 0.6 is 0 Å². The Balaban J connectivity index is 1.59. The van der Waals surface area contributed by atoms with Crippen LogP contribution in [0.15, 0.2) is 47.0 Å². The summed E-state index contributed by atoms with van der Waals surface area (Å²) in [5.41, 5.74) is 0.574. The third-order valence-corrected chi connectivity index (χ3v) is 4.79. The molecule has 0 radical (unpaired) electrons. The number of carbonyl (C=O) groups is 1. The zero-order chi connectivity index (χ0) is 19.7. The van der Waals surface area contributed by atoms with E-state index in [-0.39, 0.29) is 30.3 Å². The van der Waals surface area contributed by atoms with Gasteiger partial charge in [0, 0.05) is 17.5 Å². The Bertz CT molecular complexity index is 984. The van der Waals surface area contributed by atoms with Crippen LogP contribution in [0, 0.1) is 11.6 Å². The molecule has 0 N–H and O–H groups in total. The highest BCUT2D eigenvalue weighted by Crippen LogP contribution is 2.35. The monoisotopic (exact) mass is 385 g/mol. The number of rotatable bonds is 5. The Kier molecular flexibility index (Phi) is 4.77. The van der Waals surface area contributed by atoms with E-state index in [0.717, 1.165) is 5.56 Å². The quantitative estimate of drug-likeness (QED) is 0.667. The van der Waals surface area contributed by atoms with Crippen molar-refractivity contribution in [1.29, 1.82) is 0 Å². The molecule has 1 amide bonds. The number of nitrogens with zero attached hydrogens (tertiary/aromatic N) is 3. The van der Waals surface area contributed by atoms with Crippen LogP contribution < -0.4 is 4.74 Å². The van der Waals surface area contributed by atoms with Crippen molar-refractivity contribution in [2.45, 2.75) is 25.4 Å². The predicted molar refractivity (Wildman–Crippen MR) is 95.2 cm³/mol. The average molecular weight is 385 g/mol. The molecule has 0 saturated carbocycles. The van der Waals surface area contributed by atoms with E-state index in [4.69, 9.17) is 9.26 Å². The number of methoxy groups -OCH3 is 1. The van der Waals surface area contributed by atoms with Crippen LogP contribution in [0.5, 0.6) is 5.75 Å². The molecule has 1 fully saturated rings. The Morgan fingerprint density at radius 1 is 1.18 bits per heavy atom. The van der Waals surface area contributed by atoms with Crippen molar-refractivity contribution in [2.75, 3.05) is 7.11 Å². The van der Waals surface area contributed by atoms with Crippen molar-refractivity contribution in [1.82, 2.24) is 15.0 Å². The highest BCUT2D eigenvalue weighted by molar-refractivity contribution is 5.78. The molecule has 2 aromatic carbocycles. The molecule has 6 nitrogen and oxygen atoms in total. The van der Waals surface area contributed by atoms with Crippen LogP contribution in [-0.2, 0) is 11.3 Å². The van der Waals surface area contributed by atoms with E-state index in [9.17, 15) is 13.6 Å². The Hall–Kier alpha value is -3.29. The largest absolute Gasteiger partial charge is 0.497 e. The minimum absolute atomic E-state index is 0.155. The van der Waals surface area contributed by atoms with Gasteiger partial charge in [0.2, 0.25) is 17.6 Å². The minimum Gasteiger partial charge on any atom is -0.497 e. The number of likely N-dealkylation sites (tertiary alicyclic amines) is 1. The summed E-state index contributed by atoms with van der Waals surface area (Å²) in [5.74, 6) is -0.281. The molecule has 4 rings (SSSR count). The lowest BCUT2D eigenvalue weighted by Gasteiger charge is -2.22. The van der Waals surface area contributed by atoms with E-state index < -0.39 is 17.7 Å². The molecule has 0 bridgehead atoms. The molecular weight excluding hydrogens is 368 g/mol. The molecular formula is C20H17F2N3O3. The first kappa shape index (κ1) is 18.1. The highest BCUT2D eigenvalue weighted by Gasteiger charge is 2.36. The van der Waals surface area contributed by atoms with Gasteiger partial charge in [-0.25, -0.2) is 8.78 Å². The van der Waals surface area contributed by atoms with Crippen molar-refractivity contribution in [3.63, 3.8) is 0 Å². The molecule has 0 aliphatic carbocycles. The molecule has 1 aliphatic heterocycles. The van der Waals surface area contributed by atoms with Gasteiger partial charge in [0.25, 0.3) is 0 Å². The molecule has 1 atom stereocenters. The van der Waals surface area contributed by atoms with Gasteiger partial charge in [-0.05, 0) is 42.8 Å². The first-order valence-corrected chi connectivity index (χ1v) is 8.77. The van der Waals surface area contributed by atoms with Crippen LogP contribution in [0.1, 0.15) is 30.3 Å². The van der Waals surface area contributed by atoms with Crippen LogP contribution in [0.2, 0.25) is 0 Å². The van der Waals surface area contributed by atoms with Gasteiger partial charge in [-0.1, -0.05) is 11.2 Å². The first-order chi connectivity index (χ1) is 13.6. The number of benzene rings is 2. The number of hydrogen-bond donors (Lipinski definition) is 0. The number of ether oxygens (including phenoxy) is 1. The normalized spacial score (nSPS) is 16.6. The molecule has 1 aromatic heterocycles. The maximum atomic E-state index is 14.0. The van der Waals surface area contributed by atoms with Gasteiger partial charge < -0.3 is 14.2 Å². The van der Waals surface area contributed by atoms with Gasteiger partial charge in [0.15, 0.2) is 0 Å². The summed E-state index contributed by atoms with van der Waals surface area (Å²) >= 11 is 0. The molecule has 2 heterocycles. The maximum Gasteiger partial charge on any atom is 0.249 e. The Labute approximate surface area is 159 Å². The predicted octanol–water partition coefficient (Wildman–Crippen LogP) is 3.89. The topological polar surface area (TPSA) is 68.5 Å². The minimum atomic E-state index is -0.692. The van der Waals surface area contributed by atoms with Crippen LogP contribution in [-0.4, -0.2) is 28.1 Å². The summed E-state index contributed by atoms with van der Waals surface area (Å²) < 4.78 is 38.5. The van der Waals surface area contributed by atoms with Crippen molar-refractivity contribution < 1.29 is 22.8 Å². The summed E-state index contributed by atoms with van der Waals surface area (Å²) in [5, 5.41) is 3.98. The van der Waals surface area contributed by atoms with E-state index >= 15 is 0 Å². The number of amides is 1. The lowest BCUT2D eigenvalue weighted by Crippen LogP contribution is -2.28. The summed E-state index contributed by atoms with van der Waals surface area (Å²) in [6, 6.07) is 10.2. The number of hydrogen-bond acceptors (Lipinski definition) is 5. The van der Waals surface area contributed by atoms with Gasteiger partial charge in [-0.2, -0.15) is 4.98 Å². The molecule has 1 unspecified atom stereocenters. The number of carbonyl (C=O) groups excluding carboxylic acids is 1. The van der Waals surface area contributed by atoms with Crippen molar-refractivity contribution >= 4 is 5.91 Å². The van der Waals surface area contributed by atoms with Crippen molar-refractivity contribution in [3.8, 4) is 17.1 Å². The number of aromatic nitrogens is 2. The fourth-order valence-electron chi connectivity index (χ4n) is 3.27. The summed E-state index contributed by atoms with van der Waals surface area (Å²) in [6.45, 7) is -0.192. The van der Waals surface area contributed by atoms with Crippen molar-refractivity contribution in [3.05, 3.63) is 65.6 Å². The average Bonchev–Trinajstić information content (AvgIpc) is 3.32. The number of halogens is 2. The molecule has 3 aromatic rings. The Morgan fingerprint density at radius 2 is 1.89 bits per heavy atom. The first-order valence-electron chi connectivity index (χ1n) is 8.77. The fourth-order valence-corrected chi connectivity index (χ4v) is 3.27. The second-order valence-electron chi connectivity index (χ2n) is 6.46. The van der Waals surface area contributed by atoms with Crippen molar-refractivity contribution in [2.24, 2.45) is 0 Å². The summed E-state index contributed by atoms with van der Waals surface area (Å²) in [7, 11) is 1.57. The maximum absolute atomic E-state index is 14.0. The van der Waals surface area contributed by atoms with Crippen LogP contribution in [0.25, 0.3) is 11.4 Å². The van der Waals surface area contributed by atoms with E-state index in [0.29, 0.717) is 18.0 Å². The molecule has 1 aliphatic rings. The SMILES string of the molecule is COc1ccc(-c2noc(C3CCC(=O)N3Cc3c(F)cccc3F)n2)cc1. The molecule has 144 valence electrons. The lowest BCUT2D eigenvalue weighted by atomic mass is 10.1. The Morgan fingerprint density at radius 3 is 2.57 bits per heavy atom. The van der Waals surface area contributed by atoms with Gasteiger partial charge in [-0.3, -0.25) is 4.79 Å². The zero-order valence-corrected chi connectivity index (χ0v) is 15.1. The van der Waals surface area contributed by atoms with E-state index in [1.807, 2.05) is 0 Å². The molecule has 1 saturated heterocycles. The lowest BCUT2D eigenvalue weighted by molar-refractivity contribution is -0.130. The molecule has 28 heavy (non-hydrogen) atoms. The van der Waals surface area contributed by atoms with E-state index in [1.165, 1.54) is 23.1 Å². The third kappa shape index (κ3) is 3.33. The second-order valence-corrected chi connectivity index (χ2v) is 6.46. The fraction of sp³-hybridized carbons (Fsp3) is 0.250. The van der Waals surface area contributed by atoms with Gasteiger partial charge >= 0.3 is 0 Å². The van der Waals surface area contributed by atoms with Gasteiger partial charge in [0.05, 0.1) is 13.7 Å². The summed E-state index contributed by atoms with van der Waals surface area (Å²) in [4.78, 5) is 18.1. The van der Waals surface area contributed by atoms with Gasteiger partial charge in [0.1, 0.15) is 23.4 Å². The zero-order valence-electron chi connectivity index (χ0n) is 15.1.